The molecule has 0 fully saturated rings. The third-order valence-corrected chi connectivity index (χ3v) is 3.58. The highest BCUT2D eigenvalue weighted by Crippen LogP contribution is 2.27. The Bertz CT molecular complexity index is 841. The number of benzene rings is 2. The van der Waals surface area contributed by atoms with E-state index in [1.165, 1.54) is 0 Å². The van der Waals surface area contributed by atoms with Gasteiger partial charge >= 0.3 is 5.97 Å². The number of aromatic carboxylic acids is 1. The molecule has 0 saturated heterocycles. The van der Waals surface area contributed by atoms with Gasteiger partial charge in [0, 0.05) is 16.0 Å². The summed E-state index contributed by atoms with van der Waals surface area (Å²) in [6.45, 7) is 2.00. The quantitative estimate of drug-likeness (QED) is 0.754. The van der Waals surface area contributed by atoms with Gasteiger partial charge in [-0.05, 0) is 25.1 Å². The Labute approximate surface area is 126 Å². The first kappa shape index (κ1) is 13.6. The molecule has 0 unspecified atom stereocenters. The summed E-state index contributed by atoms with van der Waals surface area (Å²) in [6.07, 6.45) is 0. The lowest BCUT2D eigenvalue weighted by atomic mass is 10.0. The molecule has 0 radical (unpaired) electrons. The molecule has 0 spiro atoms. The first-order valence-electron chi connectivity index (χ1n) is 6.45. The third-order valence-electron chi connectivity index (χ3n) is 3.35. The minimum Gasteiger partial charge on any atom is -0.478 e. The van der Waals surface area contributed by atoms with E-state index in [4.69, 9.17) is 11.6 Å². The number of pyridine rings is 1. The van der Waals surface area contributed by atoms with Crippen molar-refractivity contribution in [3.63, 3.8) is 0 Å². The molecule has 0 atom stereocenters. The smallest absolute Gasteiger partial charge is 0.336 e. The zero-order valence-electron chi connectivity index (χ0n) is 11.3. The van der Waals surface area contributed by atoms with Crippen LogP contribution >= 0.6 is 11.6 Å². The molecule has 104 valence electrons. The number of aryl methyl sites for hydroxylation is 1. The first-order chi connectivity index (χ1) is 10.0. The number of nitrogens with zero attached hydrogens (tertiary/aromatic N) is 1. The van der Waals surface area contributed by atoms with E-state index in [0.717, 1.165) is 11.1 Å². The van der Waals surface area contributed by atoms with Crippen LogP contribution in [0, 0.1) is 6.92 Å². The van der Waals surface area contributed by atoms with Gasteiger partial charge in [0.2, 0.25) is 0 Å². The van der Waals surface area contributed by atoms with E-state index in [1.807, 2.05) is 31.2 Å². The molecule has 0 amide bonds. The highest BCUT2D eigenvalue weighted by Gasteiger charge is 2.13. The molecule has 1 N–H and O–H groups in total. The molecule has 0 aliphatic heterocycles. The molecule has 0 aliphatic carbocycles. The highest BCUT2D eigenvalue weighted by molar-refractivity contribution is 6.31. The molecule has 4 heteroatoms. The van der Waals surface area contributed by atoms with E-state index in [0.29, 0.717) is 21.6 Å². The van der Waals surface area contributed by atoms with Crippen LogP contribution in [0.3, 0.4) is 0 Å². The van der Waals surface area contributed by atoms with Gasteiger partial charge in [0.15, 0.2) is 0 Å². The van der Waals surface area contributed by atoms with Crippen LogP contribution in [0.15, 0.2) is 48.5 Å². The molecule has 3 rings (SSSR count). The summed E-state index contributed by atoms with van der Waals surface area (Å²) < 4.78 is 0. The maximum Gasteiger partial charge on any atom is 0.336 e. The molecular weight excluding hydrogens is 286 g/mol. The van der Waals surface area contributed by atoms with Crippen LogP contribution in [0.1, 0.15) is 15.9 Å². The number of rotatable bonds is 2. The van der Waals surface area contributed by atoms with Crippen LogP contribution in [-0.2, 0) is 0 Å². The number of carboxylic acids is 1. The van der Waals surface area contributed by atoms with Gasteiger partial charge in [0.05, 0.1) is 16.8 Å². The van der Waals surface area contributed by atoms with E-state index in [-0.39, 0.29) is 5.56 Å². The van der Waals surface area contributed by atoms with Crippen molar-refractivity contribution in [1.29, 1.82) is 0 Å². The summed E-state index contributed by atoms with van der Waals surface area (Å²) in [5.74, 6) is -0.974. The number of aromatic nitrogens is 1. The van der Waals surface area contributed by atoms with Crippen LogP contribution < -0.4 is 0 Å². The second kappa shape index (κ2) is 5.19. The van der Waals surface area contributed by atoms with Crippen molar-refractivity contribution in [2.75, 3.05) is 0 Å². The topological polar surface area (TPSA) is 50.2 Å². The average Bonchev–Trinajstić information content (AvgIpc) is 2.46. The highest BCUT2D eigenvalue weighted by atomic mass is 35.5. The van der Waals surface area contributed by atoms with E-state index >= 15 is 0 Å². The maximum atomic E-state index is 11.5. The lowest BCUT2D eigenvalue weighted by Crippen LogP contribution is -2.00. The summed E-state index contributed by atoms with van der Waals surface area (Å²) >= 11 is 5.98. The second-order valence-electron chi connectivity index (χ2n) is 4.89. The molecule has 3 aromatic rings. The lowest BCUT2D eigenvalue weighted by molar-refractivity contribution is 0.0699. The molecule has 1 aromatic heterocycles. The minimum atomic E-state index is -0.974. The molecule has 0 aliphatic rings. The number of hydrogen-bond acceptors (Lipinski definition) is 2. The molecule has 1 heterocycles. The van der Waals surface area contributed by atoms with Crippen molar-refractivity contribution in [3.8, 4) is 11.3 Å². The van der Waals surface area contributed by atoms with Crippen molar-refractivity contribution in [1.82, 2.24) is 4.98 Å². The summed E-state index contributed by atoms with van der Waals surface area (Å²) in [5, 5.41) is 10.5. The van der Waals surface area contributed by atoms with E-state index in [1.54, 1.807) is 24.3 Å². The Morgan fingerprint density at radius 1 is 1.10 bits per heavy atom. The number of carboxylic acid groups (broad SMARTS) is 1. The van der Waals surface area contributed by atoms with Crippen LogP contribution in [-0.4, -0.2) is 16.1 Å². The van der Waals surface area contributed by atoms with Crippen LogP contribution in [0.2, 0.25) is 5.02 Å². The summed E-state index contributed by atoms with van der Waals surface area (Å²) in [5.41, 5.74) is 3.46. The zero-order chi connectivity index (χ0) is 15.0. The molecule has 3 nitrogen and oxygen atoms in total. The lowest BCUT2D eigenvalue weighted by Gasteiger charge is -2.08. The summed E-state index contributed by atoms with van der Waals surface area (Å²) in [7, 11) is 0. The molecule has 0 saturated carbocycles. The Hall–Kier alpha value is -2.39. The Morgan fingerprint density at radius 3 is 2.48 bits per heavy atom. The normalized spacial score (nSPS) is 10.8. The SMILES string of the molecule is Cc1ccc(-c2cc(C(=O)O)c3ccc(Cl)cc3n2)cc1. The fourth-order valence-corrected chi connectivity index (χ4v) is 2.42. The number of carbonyl (C=O) groups is 1. The predicted molar refractivity (Wildman–Crippen MR) is 83.9 cm³/mol. The van der Waals surface area contributed by atoms with Crippen molar-refractivity contribution in [2.45, 2.75) is 6.92 Å². The van der Waals surface area contributed by atoms with Crippen LogP contribution in [0.5, 0.6) is 0 Å². The zero-order valence-corrected chi connectivity index (χ0v) is 12.1. The molecule has 2 aromatic carbocycles. The monoisotopic (exact) mass is 297 g/mol. The van der Waals surface area contributed by atoms with Gasteiger partial charge in [-0.1, -0.05) is 47.5 Å². The van der Waals surface area contributed by atoms with Gasteiger partial charge in [-0.3, -0.25) is 0 Å². The van der Waals surface area contributed by atoms with E-state index < -0.39 is 5.97 Å². The van der Waals surface area contributed by atoms with Gasteiger partial charge in [-0.2, -0.15) is 0 Å². The predicted octanol–water partition coefficient (Wildman–Crippen LogP) is 4.56. The largest absolute Gasteiger partial charge is 0.478 e. The van der Waals surface area contributed by atoms with Crippen molar-refractivity contribution >= 4 is 28.5 Å². The first-order valence-corrected chi connectivity index (χ1v) is 6.83. The summed E-state index contributed by atoms with van der Waals surface area (Å²) in [4.78, 5) is 16.0. The third kappa shape index (κ3) is 2.60. The molecule has 21 heavy (non-hydrogen) atoms. The van der Waals surface area contributed by atoms with Crippen LogP contribution in [0.25, 0.3) is 22.2 Å². The number of halogens is 1. The fraction of sp³-hybridized carbons (Fsp3) is 0.0588. The van der Waals surface area contributed by atoms with Gasteiger partial charge in [-0.25, -0.2) is 9.78 Å². The Morgan fingerprint density at radius 2 is 1.81 bits per heavy atom. The van der Waals surface area contributed by atoms with Gasteiger partial charge < -0.3 is 5.11 Å². The van der Waals surface area contributed by atoms with Crippen molar-refractivity contribution in [2.24, 2.45) is 0 Å². The van der Waals surface area contributed by atoms with Crippen LogP contribution in [0.4, 0.5) is 0 Å². The minimum absolute atomic E-state index is 0.229. The number of hydrogen-bond donors (Lipinski definition) is 1. The van der Waals surface area contributed by atoms with Gasteiger partial charge in [-0.15, -0.1) is 0 Å². The fourth-order valence-electron chi connectivity index (χ4n) is 2.25. The van der Waals surface area contributed by atoms with Gasteiger partial charge in [0.25, 0.3) is 0 Å². The standard InChI is InChI=1S/C17H12ClNO2/c1-10-2-4-11(5-3-10)15-9-14(17(20)21)13-7-6-12(18)8-16(13)19-15/h2-9H,1H3,(H,20,21). The van der Waals surface area contributed by atoms with E-state index in [9.17, 15) is 9.90 Å². The van der Waals surface area contributed by atoms with E-state index in [2.05, 4.69) is 4.98 Å². The number of fused-ring (bicyclic) bond motifs is 1. The average molecular weight is 298 g/mol. The van der Waals surface area contributed by atoms with Crippen molar-refractivity contribution < 1.29 is 9.90 Å². The second-order valence-corrected chi connectivity index (χ2v) is 5.32. The Balaban J connectivity index is 2.29. The molecule has 0 bridgehead atoms. The summed E-state index contributed by atoms with van der Waals surface area (Å²) in [6, 6.07) is 14.4. The maximum absolute atomic E-state index is 11.5. The van der Waals surface area contributed by atoms with Gasteiger partial charge in [0.1, 0.15) is 0 Å². The molecular formula is C17H12ClNO2. The Kier molecular flexibility index (Phi) is 3.35. The van der Waals surface area contributed by atoms with Crippen molar-refractivity contribution in [3.05, 3.63) is 64.7 Å².